The number of likely N-dealkylation sites (tertiary alicyclic amines) is 2. The van der Waals surface area contributed by atoms with Crippen LogP contribution in [0.5, 0.6) is 23.5 Å². The van der Waals surface area contributed by atoms with Crippen molar-refractivity contribution in [1.29, 1.82) is 0 Å². The number of nitrogens with one attached hydrogen (secondary N) is 1. The lowest BCUT2D eigenvalue weighted by Gasteiger charge is -2.44. The predicted octanol–water partition coefficient (Wildman–Crippen LogP) is 6.73. The van der Waals surface area contributed by atoms with E-state index >= 15 is 8.78 Å². The molecule has 9 heterocycles. The summed E-state index contributed by atoms with van der Waals surface area (Å²) in [5.41, 5.74) is 8.96. The van der Waals surface area contributed by atoms with Crippen LogP contribution in [0.2, 0.25) is 5.02 Å². The number of aliphatic hydroxyl groups is 1. The third-order valence-corrected chi connectivity index (χ3v) is 15.8. The number of aromatic amines is 1. The van der Waals surface area contributed by atoms with Gasteiger partial charge in [0.05, 0.1) is 40.4 Å². The molecule has 0 saturated carbocycles. The molecule has 20 heteroatoms. The zero-order valence-corrected chi connectivity index (χ0v) is 41.9. The number of ether oxygens (including phenoxy) is 5. The van der Waals surface area contributed by atoms with Gasteiger partial charge in [0.15, 0.2) is 17.6 Å². The molecule has 0 radical (unpaired) electrons. The highest BCUT2D eigenvalue weighted by atomic mass is 35.5. The summed E-state index contributed by atoms with van der Waals surface area (Å²) in [5.74, 6) is 3.23. The maximum atomic E-state index is 17.0. The number of benzene rings is 3. The molecule has 7 atom stereocenters. The number of H-pyrrole nitrogens is 1. The monoisotopic (exact) mass is 1040 g/mol. The number of hydrogen-bond acceptors (Lipinski definition) is 16. The van der Waals surface area contributed by atoms with Gasteiger partial charge in [-0.3, -0.25) is 14.8 Å². The summed E-state index contributed by atoms with van der Waals surface area (Å²) in [6.07, 6.45) is 10.3. The topological polar surface area (TPSA) is 203 Å². The third kappa shape index (κ3) is 9.96. The zero-order chi connectivity index (χ0) is 51.3. The average molecular weight is 1040 g/mol. The molecule has 5 fully saturated rings. The van der Waals surface area contributed by atoms with E-state index in [1.807, 2.05) is 24.3 Å². The van der Waals surface area contributed by atoms with Crippen LogP contribution in [0.3, 0.4) is 0 Å². The van der Waals surface area contributed by atoms with E-state index in [9.17, 15) is 10.2 Å². The van der Waals surface area contributed by atoms with Crippen LogP contribution in [0.25, 0.3) is 55.4 Å². The Morgan fingerprint density at radius 1 is 0.853 bits per heavy atom. The van der Waals surface area contributed by atoms with Crippen molar-refractivity contribution in [3.8, 4) is 58.4 Å². The highest BCUT2D eigenvalue weighted by Gasteiger charge is 2.49. The maximum Gasteiger partial charge on any atom is 0.319 e. The number of pyridine rings is 2. The number of halogens is 3. The number of rotatable bonds is 13. The molecule has 4 aromatic heterocycles. The van der Waals surface area contributed by atoms with Gasteiger partial charge in [-0.15, -0.1) is 6.42 Å². The van der Waals surface area contributed by atoms with E-state index in [2.05, 4.69) is 40.6 Å². The summed E-state index contributed by atoms with van der Waals surface area (Å²) in [6, 6.07) is 15.3. The van der Waals surface area contributed by atoms with E-state index < -0.39 is 29.9 Å². The number of imidazole rings is 1. The van der Waals surface area contributed by atoms with Gasteiger partial charge in [-0.1, -0.05) is 30.0 Å². The third-order valence-electron chi connectivity index (χ3n) is 15.5. The summed E-state index contributed by atoms with van der Waals surface area (Å²) >= 11 is 6.72. The number of phenolic OH excluding ortho intramolecular Hbond substituents is 1. The Balaban J connectivity index is 0.652. The molecule has 75 heavy (non-hydrogen) atoms. The number of aromatic nitrogens is 6. The minimum Gasteiger partial charge on any atom is -0.508 e. The number of nitrogens with zero attached hydrogens (tertiary/aromatic N) is 8. The number of piperidine rings is 2. The van der Waals surface area contributed by atoms with Crippen molar-refractivity contribution in [1.82, 2.24) is 39.7 Å². The SMILES string of the molecule is C#Cc1c(F)ccc2cc(O)cc(-c3ncc4c(N5CCCC[C@@H](N)C5)nc(OCCN5CC[C@H]6CN(CCOc7ccc(-c8nc9nc(O[C@@H]%10CO[C@H]%11[C@@H]%10OC[C@H]%11O)[nH]c9cc8Cl)cc7)CC[C@H]6C5)nc4c3F)c12. The van der Waals surface area contributed by atoms with Crippen molar-refractivity contribution >= 4 is 50.3 Å². The van der Waals surface area contributed by atoms with Crippen LogP contribution in [0.1, 0.15) is 37.7 Å². The fourth-order valence-electron chi connectivity index (χ4n) is 11.6. The first kappa shape index (κ1) is 49.4. The van der Waals surface area contributed by atoms with Gasteiger partial charge in [-0.05, 0) is 105 Å². The average Bonchev–Trinajstić information content (AvgIpc) is 4.07. The Labute approximate surface area is 436 Å². The Kier molecular flexibility index (Phi) is 13.8. The summed E-state index contributed by atoms with van der Waals surface area (Å²) in [6.45, 7) is 7.92. The van der Waals surface area contributed by atoms with Gasteiger partial charge in [0.25, 0.3) is 6.01 Å². The Morgan fingerprint density at radius 2 is 1.63 bits per heavy atom. The molecular weight excluding hydrogens is 986 g/mol. The van der Waals surface area contributed by atoms with Crippen LogP contribution in [0, 0.1) is 35.8 Å². The first-order valence-corrected chi connectivity index (χ1v) is 26.1. The van der Waals surface area contributed by atoms with Crippen LogP contribution in [-0.4, -0.2) is 159 Å². The molecule has 5 aliphatic rings. The second-order valence-electron chi connectivity index (χ2n) is 20.3. The predicted molar refractivity (Wildman–Crippen MR) is 278 cm³/mol. The molecule has 0 unspecified atom stereocenters. The second kappa shape index (κ2) is 20.9. The quantitative estimate of drug-likeness (QED) is 0.0885. The Morgan fingerprint density at radius 3 is 2.41 bits per heavy atom. The van der Waals surface area contributed by atoms with E-state index in [1.54, 1.807) is 6.07 Å². The van der Waals surface area contributed by atoms with E-state index in [0.29, 0.717) is 89.8 Å². The number of anilines is 1. The molecule has 0 amide bonds. The molecule has 3 aromatic carbocycles. The summed E-state index contributed by atoms with van der Waals surface area (Å²) in [7, 11) is 0. The van der Waals surface area contributed by atoms with E-state index in [-0.39, 0.29) is 64.2 Å². The van der Waals surface area contributed by atoms with E-state index in [1.165, 1.54) is 30.5 Å². The van der Waals surface area contributed by atoms with Crippen LogP contribution < -0.4 is 24.8 Å². The molecule has 5 aliphatic heterocycles. The smallest absolute Gasteiger partial charge is 0.319 e. The van der Waals surface area contributed by atoms with Gasteiger partial charge in [-0.25, -0.2) is 13.8 Å². The number of nitrogens with two attached hydrogens (primary N) is 1. The Hall–Kier alpha value is -6.50. The number of hydrogen-bond donors (Lipinski definition) is 4. The van der Waals surface area contributed by atoms with Crippen molar-refractivity contribution in [3.05, 3.63) is 83.0 Å². The number of fused-ring (bicyclic) bond motifs is 5. The second-order valence-corrected chi connectivity index (χ2v) is 20.8. The molecule has 7 aromatic rings. The lowest BCUT2D eigenvalue weighted by molar-refractivity contribution is 0.00706. The van der Waals surface area contributed by atoms with Crippen LogP contribution in [0.15, 0.2) is 60.8 Å². The molecule has 0 bridgehead atoms. The van der Waals surface area contributed by atoms with Crippen molar-refractivity contribution in [2.75, 3.05) is 83.7 Å². The van der Waals surface area contributed by atoms with Crippen LogP contribution in [-0.2, 0) is 9.47 Å². The fourth-order valence-corrected chi connectivity index (χ4v) is 11.9. The van der Waals surface area contributed by atoms with Gasteiger partial charge >= 0.3 is 6.01 Å². The largest absolute Gasteiger partial charge is 0.508 e. The molecule has 12 rings (SSSR count). The van der Waals surface area contributed by atoms with Crippen molar-refractivity contribution in [2.24, 2.45) is 17.6 Å². The lowest BCUT2D eigenvalue weighted by Crippen LogP contribution is -2.50. The lowest BCUT2D eigenvalue weighted by atomic mass is 9.80. The molecule has 17 nitrogen and oxygen atoms in total. The summed E-state index contributed by atoms with van der Waals surface area (Å²) in [5, 5.41) is 22.3. The van der Waals surface area contributed by atoms with Crippen LogP contribution in [0.4, 0.5) is 14.6 Å². The molecule has 5 N–H and O–H groups in total. The fraction of sp³-hybridized carbons (Fsp3) is 0.436. The highest BCUT2D eigenvalue weighted by molar-refractivity contribution is 6.33. The standard InChI is InChI=1S/C55H57ClF2N10O7/c1-2-37-41(57)11-8-31-21-35(69)22-38(45(31)37)48-46(58)49-39(24-60-48)53(68-14-4-3-5-34(59)27-68)65-54(63-49)72-20-18-67-16-13-32-25-66(15-12-33(32)26-67)17-19-71-36-9-6-30(7-10-36)47-40(56)23-42-52(62-47)64-55(61-42)75-44-29-74-50-43(70)28-73-51(44)50/h1,6-11,21-24,32-34,43-44,50-51,69-70H,3-5,12-20,25-29,59H2,(H,61,62,64)/t32-,33-,34+,43+,44+,50+,51+/m0/s1. The van der Waals surface area contributed by atoms with Gasteiger partial charge < -0.3 is 49.5 Å². The summed E-state index contributed by atoms with van der Waals surface area (Å²) in [4.78, 5) is 33.4. The number of aromatic hydroxyl groups is 1. The molecular formula is C55H57ClF2N10O7. The van der Waals surface area contributed by atoms with E-state index in [0.717, 1.165) is 76.1 Å². The van der Waals surface area contributed by atoms with Crippen molar-refractivity contribution in [2.45, 2.75) is 62.6 Å². The number of phenols is 1. The van der Waals surface area contributed by atoms with E-state index in [4.69, 9.17) is 57.4 Å². The minimum atomic E-state index is -0.766. The highest BCUT2D eigenvalue weighted by Crippen LogP contribution is 2.40. The normalized spacial score (nSPS) is 24.3. The van der Waals surface area contributed by atoms with Gasteiger partial charge in [0.2, 0.25) is 0 Å². The maximum absolute atomic E-state index is 17.0. The van der Waals surface area contributed by atoms with Gasteiger partial charge in [0, 0.05) is 68.0 Å². The van der Waals surface area contributed by atoms with Gasteiger partial charge in [-0.2, -0.15) is 15.0 Å². The molecule has 5 saturated heterocycles. The first-order valence-electron chi connectivity index (χ1n) is 25.8. The Bertz CT molecular complexity index is 3310. The molecule has 0 spiro atoms. The van der Waals surface area contributed by atoms with Crippen molar-refractivity contribution in [3.63, 3.8) is 0 Å². The summed E-state index contributed by atoms with van der Waals surface area (Å²) < 4.78 is 62.0. The minimum absolute atomic E-state index is 0.00841. The number of aliphatic hydroxyl groups excluding tert-OH is 1. The number of terminal acetylenes is 1. The van der Waals surface area contributed by atoms with Crippen molar-refractivity contribution < 1.29 is 42.7 Å². The van der Waals surface area contributed by atoms with Crippen LogP contribution >= 0.6 is 11.6 Å². The first-order chi connectivity index (χ1) is 36.5. The van der Waals surface area contributed by atoms with Gasteiger partial charge in [0.1, 0.15) is 65.9 Å². The molecule has 0 aliphatic carbocycles. The molecule has 390 valence electrons. The zero-order valence-electron chi connectivity index (χ0n) is 41.1.